The molecule has 0 amide bonds. The monoisotopic (exact) mass is 241 g/mol. The molecule has 0 fully saturated rings. The molecule has 1 unspecified atom stereocenters. The number of nitrogens with zero attached hydrogens (tertiary/aromatic N) is 1. The fourth-order valence-electron chi connectivity index (χ4n) is 1.15. The van der Waals surface area contributed by atoms with Gasteiger partial charge in [0, 0.05) is 32.0 Å². The van der Waals surface area contributed by atoms with Gasteiger partial charge in [-0.2, -0.15) is 5.26 Å². The van der Waals surface area contributed by atoms with Crippen LogP contribution in [0, 0.1) is 11.3 Å². The Hall–Kier alpha value is -1.38. The van der Waals surface area contributed by atoms with Crippen molar-refractivity contribution in [1.29, 1.82) is 5.26 Å². The van der Waals surface area contributed by atoms with E-state index in [1.165, 1.54) is 0 Å². The molecule has 0 bridgehead atoms. The third kappa shape index (κ3) is 8.43. The van der Waals surface area contributed by atoms with Gasteiger partial charge in [0.25, 0.3) is 0 Å². The van der Waals surface area contributed by atoms with Crippen LogP contribution < -0.4 is 0 Å². The Morgan fingerprint density at radius 2 is 2.24 bits per heavy atom. The standard InChI is InChI=1S/C12H19NO4/c1-10(16-2)6-9-17-8-3-4-11(5-7-13)12(14)15/h5,10H,3-4,6,8-9H2,1-2H3,(H,14,15). The van der Waals surface area contributed by atoms with Crippen molar-refractivity contribution in [3.8, 4) is 6.07 Å². The molecule has 0 spiro atoms. The van der Waals surface area contributed by atoms with Crippen LogP contribution in [0.1, 0.15) is 26.2 Å². The number of hydrogen-bond donors (Lipinski definition) is 1. The molecule has 0 saturated carbocycles. The third-order valence-corrected chi connectivity index (χ3v) is 2.32. The highest BCUT2D eigenvalue weighted by molar-refractivity contribution is 5.87. The van der Waals surface area contributed by atoms with Gasteiger partial charge in [0.1, 0.15) is 0 Å². The summed E-state index contributed by atoms with van der Waals surface area (Å²) in [6.45, 7) is 3.05. The van der Waals surface area contributed by atoms with Gasteiger partial charge in [0.15, 0.2) is 0 Å². The van der Waals surface area contributed by atoms with Gasteiger partial charge < -0.3 is 14.6 Å². The summed E-state index contributed by atoms with van der Waals surface area (Å²) in [6, 6.07) is 1.72. The van der Waals surface area contributed by atoms with E-state index in [2.05, 4.69) is 0 Å². The highest BCUT2D eigenvalue weighted by atomic mass is 16.5. The molecule has 0 aliphatic rings. The first-order chi connectivity index (χ1) is 8.11. The number of hydrogen-bond acceptors (Lipinski definition) is 4. The number of rotatable bonds is 9. The topological polar surface area (TPSA) is 79.5 Å². The maximum Gasteiger partial charge on any atom is 0.332 e. The quantitative estimate of drug-likeness (QED) is 0.378. The predicted molar refractivity (Wildman–Crippen MR) is 62.5 cm³/mol. The number of carboxylic acid groups (broad SMARTS) is 1. The summed E-state index contributed by atoms with van der Waals surface area (Å²) < 4.78 is 10.4. The van der Waals surface area contributed by atoms with E-state index in [0.29, 0.717) is 26.1 Å². The molecule has 0 saturated heterocycles. The van der Waals surface area contributed by atoms with Crippen molar-refractivity contribution in [3.05, 3.63) is 11.6 Å². The van der Waals surface area contributed by atoms with E-state index in [1.54, 1.807) is 13.2 Å². The molecule has 1 N–H and O–H groups in total. The van der Waals surface area contributed by atoms with Gasteiger partial charge in [-0.05, 0) is 26.2 Å². The first kappa shape index (κ1) is 15.6. The minimum Gasteiger partial charge on any atom is -0.478 e. The maximum absolute atomic E-state index is 10.7. The van der Waals surface area contributed by atoms with Crippen LogP contribution in [-0.2, 0) is 14.3 Å². The lowest BCUT2D eigenvalue weighted by molar-refractivity contribution is -0.132. The van der Waals surface area contributed by atoms with Gasteiger partial charge in [0.05, 0.1) is 12.2 Å². The van der Waals surface area contributed by atoms with Crippen LogP contribution in [0.3, 0.4) is 0 Å². The Morgan fingerprint density at radius 1 is 1.53 bits per heavy atom. The molecular weight excluding hydrogens is 222 g/mol. The number of ether oxygens (including phenoxy) is 2. The van der Waals surface area contributed by atoms with Crippen LogP contribution in [-0.4, -0.2) is 37.5 Å². The van der Waals surface area contributed by atoms with E-state index in [-0.39, 0.29) is 11.7 Å². The average molecular weight is 241 g/mol. The molecule has 0 rings (SSSR count). The Morgan fingerprint density at radius 3 is 2.76 bits per heavy atom. The fraction of sp³-hybridized carbons (Fsp3) is 0.667. The molecule has 17 heavy (non-hydrogen) atoms. The van der Waals surface area contributed by atoms with Crippen LogP contribution in [0.4, 0.5) is 0 Å². The number of carboxylic acids is 1. The minimum atomic E-state index is -1.04. The molecule has 5 nitrogen and oxygen atoms in total. The summed E-state index contributed by atoms with van der Waals surface area (Å²) in [7, 11) is 1.65. The van der Waals surface area contributed by atoms with Crippen molar-refractivity contribution < 1.29 is 19.4 Å². The zero-order chi connectivity index (χ0) is 13.1. The molecule has 0 radical (unpaired) electrons. The van der Waals surface area contributed by atoms with Gasteiger partial charge in [-0.15, -0.1) is 0 Å². The second-order valence-electron chi connectivity index (χ2n) is 3.65. The first-order valence-corrected chi connectivity index (χ1v) is 5.54. The highest BCUT2D eigenvalue weighted by Crippen LogP contribution is 2.05. The number of nitriles is 1. The second kappa shape index (κ2) is 9.82. The smallest absolute Gasteiger partial charge is 0.332 e. The number of carbonyl (C=O) groups is 1. The molecule has 5 heteroatoms. The Kier molecular flexibility index (Phi) is 9.02. The van der Waals surface area contributed by atoms with E-state index in [4.69, 9.17) is 19.8 Å². The van der Waals surface area contributed by atoms with E-state index < -0.39 is 5.97 Å². The summed E-state index contributed by atoms with van der Waals surface area (Å²) in [5.41, 5.74) is 0.126. The van der Waals surface area contributed by atoms with Crippen LogP contribution >= 0.6 is 0 Å². The Labute approximate surface area is 102 Å². The zero-order valence-electron chi connectivity index (χ0n) is 10.3. The first-order valence-electron chi connectivity index (χ1n) is 5.54. The molecule has 1 atom stereocenters. The van der Waals surface area contributed by atoms with E-state index >= 15 is 0 Å². The van der Waals surface area contributed by atoms with Crippen LogP contribution in [0.2, 0.25) is 0 Å². The van der Waals surface area contributed by atoms with Crippen molar-refractivity contribution in [1.82, 2.24) is 0 Å². The van der Waals surface area contributed by atoms with Crippen molar-refractivity contribution in [3.63, 3.8) is 0 Å². The summed E-state index contributed by atoms with van der Waals surface area (Å²) >= 11 is 0. The van der Waals surface area contributed by atoms with Crippen molar-refractivity contribution in [2.45, 2.75) is 32.3 Å². The van der Waals surface area contributed by atoms with Gasteiger partial charge in [-0.25, -0.2) is 4.79 Å². The molecular formula is C12H19NO4. The summed E-state index contributed by atoms with van der Waals surface area (Å²) in [5.74, 6) is -1.04. The van der Waals surface area contributed by atoms with Gasteiger partial charge in [0.2, 0.25) is 0 Å². The molecule has 96 valence electrons. The predicted octanol–water partition coefficient (Wildman–Crippen LogP) is 1.74. The lowest BCUT2D eigenvalue weighted by Gasteiger charge is -2.09. The van der Waals surface area contributed by atoms with Gasteiger partial charge in [-0.3, -0.25) is 0 Å². The number of aliphatic carboxylic acids is 1. The van der Waals surface area contributed by atoms with Gasteiger partial charge >= 0.3 is 5.97 Å². The lowest BCUT2D eigenvalue weighted by atomic mass is 10.1. The largest absolute Gasteiger partial charge is 0.478 e. The highest BCUT2D eigenvalue weighted by Gasteiger charge is 2.06. The SMILES string of the molecule is COC(C)CCOCCCC(=CC#N)C(=O)O. The lowest BCUT2D eigenvalue weighted by Crippen LogP contribution is -2.10. The number of methoxy groups -OCH3 is 1. The van der Waals surface area contributed by atoms with Crippen molar-refractivity contribution in [2.75, 3.05) is 20.3 Å². The van der Waals surface area contributed by atoms with Gasteiger partial charge in [-0.1, -0.05) is 0 Å². The van der Waals surface area contributed by atoms with Crippen LogP contribution in [0.15, 0.2) is 11.6 Å². The van der Waals surface area contributed by atoms with Crippen molar-refractivity contribution >= 4 is 5.97 Å². The third-order valence-electron chi connectivity index (χ3n) is 2.32. The van der Waals surface area contributed by atoms with E-state index in [9.17, 15) is 4.79 Å². The molecule has 0 aliphatic heterocycles. The number of allylic oxidation sites excluding steroid dienone is 1. The second-order valence-corrected chi connectivity index (χ2v) is 3.65. The summed E-state index contributed by atoms with van der Waals surface area (Å²) in [5, 5.41) is 17.1. The van der Waals surface area contributed by atoms with E-state index in [1.807, 2.05) is 6.92 Å². The molecule has 0 aromatic carbocycles. The molecule has 0 aliphatic carbocycles. The Bertz CT molecular complexity index is 293. The summed E-state index contributed by atoms with van der Waals surface area (Å²) in [4.78, 5) is 10.7. The van der Waals surface area contributed by atoms with Crippen molar-refractivity contribution in [2.24, 2.45) is 0 Å². The molecule has 0 aromatic rings. The van der Waals surface area contributed by atoms with E-state index in [0.717, 1.165) is 12.5 Å². The molecule has 0 aromatic heterocycles. The average Bonchev–Trinajstić information content (AvgIpc) is 2.31. The van der Waals surface area contributed by atoms with Crippen LogP contribution in [0.25, 0.3) is 0 Å². The maximum atomic E-state index is 10.7. The summed E-state index contributed by atoms with van der Waals surface area (Å²) in [6.07, 6.45) is 3.00. The Balaban J connectivity index is 3.61. The fourth-order valence-corrected chi connectivity index (χ4v) is 1.15. The zero-order valence-corrected chi connectivity index (χ0v) is 10.3. The van der Waals surface area contributed by atoms with Crippen LogP contribution in [0.5, 0.6) is 0 Å². The normalized spacial score (nSPS) is 13.1. The minimum absolute atomic E-state index is 0.126. The molecule has 0 heterocycles.